The molecule has 0 aliphatic carbocycles. The molecule has 0 bridgehead atoms. The lowest BCUT2D eigenvalue weighted by molar-refractivity contribution is 0.0646. The van der Waals surface area contributed by atoms with Gasteiger partial charge in [-0.25, -0.2) is 0 Å². The van der Waals surface area contributed by atoms with E-state index < -0.39 is 0 Å². The molecule has 0 saturated carbocycles. The van der Waals surface area contributed by atoms with E-state index in [0.29, 0.717) is 23.1 Å². The zero-order chi connectivity index (χ0) is 20.8. The van der Waals surface area contributed by atoms with Crippen molar-refractivity contribution in [3.63, 3.8) is 0 Å². The Bertz CT molecular complexity index is 821. The van der Waals surface area contributed by atoms with Gasteiger partial charge in [0.15, 0.2) is 11.5 Å². The van der Waals surface area contributed by atoms with Crippen LogP contribution in [0.5, 0.6) is 11.5 Å². The maximum atomic E-state index is 12.9. The van der Waals surface area contributed by atoms with Gasteiger partial charge in [-0.05, 0) is 62.2 Å². The fourth-order valence-corrected chi connectivity index (χ4v) is 3.83. The lowest BCUT2D eigenvalue weighted by Gasteiger charge is -2.37. The summed E-state index contributed by atoms with van der Waals surface area (Å²) in [6, 6.07) is 13.9. The normalized spacial score (nSPS) is 14.3. The molecule has 164 valence electrons. The smallest absolute Gasteiger partial charge is 0.253 e. The first-order valence-corrected chi connectivity index (χ1v) is 10.1. The molecule has 0 aromatic heterocycles. The Morgan fingerprint density at radius 2 is 1.70 bits per heavy atom. The first-order chi connectivity index (χ1) is 14.0. The number of carbonyl (C=O) groups excluding carboxylic acids is 1. The Morgan fingerprint density at radius 1 is 1.07 bits per heavy atom. The van der Waals surface area contributed by atoms with Crippen molar-refractivity contribution >= 4 is 24.0 Å². The van der Waals surface area contributed by atoms with E-state index in [0.717, 1.165) is 44.6 Å². The standard InChI is InChI=1S/C23H31N3O3.ClH/c1-25(13-10-17-4-7-19(24)8-5-17)20-11-14-26(15-12-20)23(27)18-6-9-21(28-2)22(16-18)29-3;/h4-9,16,20H,10-15,24H2,1-3H3;1H. The molecule has 1 saturated heterocycles. The molecule has 1 heterocycles. The summed E-state index contributed by atoms with van der Waals surface area (Å²) in [6.45, 7) is 2.53. The minimum absolute atomic E-state index is 0. The van der Waals surface area contributed by atoms with Crippen LogP contribution >= 0.6 is 12.4 Å². The number of rotatable bonds is 7. The molecule has 1 aliphatic rings. The van der Waals surface area contributed by atoms with Crippen LogP contribution in [0.15, 0.2) is 42.5 Å². The number of piperidine rings is 1. The van der Waals surface area contributed by atoms with Crippen molar-refractivity contribution in [1.82, 2.24) is 9.80 Å². The summed E-state index contributed by atoms with van der Waals surface area (Å²) in [5.74, 6) is 1.26. The van der Waals surface area contributed by atoms with E-state index in [2.05, 4.69) is 24.1 Å². The zero-order valence-electron chi connectivity index (χ0n) is 18.0. The fourth-order valence-electron chi connectivity index (χ4n) is 3.83. The van der Waals surface area contributed by atoms with Gasteiger partial charge in [0.05, 0.1) is 14.2 Å². The number of halogens is 1. The topological polar surface area (TPSA) is 68.0 Å². The highest BCUT2D eigenvalue weighted by molar-refractivity contribution is 5.95. The number of anilines is 1. The third kappa shape index (κ3) is 5.80. The Morgan fingerprint density at radius 3 is 2.30 bits per heavy atom. The van der Waals surface area contributed by atoms with Crippen LogP contribution in [-0.4, -0.2) is 62.7 Å². The van der Waals surface area contributed by atoms with Crippen molar-refractivity contribution in [1.29, 1.82) is 0 Å². The zero-order valence-corrected chi connectivity index (χ0v) is 18.8. The van der Waals surface area contributed by atoms with Crippen LogP contribution in [0.3, 0.4) is 0 Å². The summed E-state index contributed by atoms with van der Waals surface area (Å²) in [6.07, 6.45) is 2.97. The molecular formula is C23H32ClN3O3. The molecule has 2 aromatic carbocycles. The quantitative estimate of drug-likeness (QED) is 0.677. The number of amides is 1. The number of likely N-dealkylation sites (tertiary alicyclic amines) is 1. The predicted molar refractivity (Wildman–Crippen MR) is 123 cm³/mol. The number of hydrogen-bond acceptors (Lipinski definition) is 5. The highest BCUT2D eigenvalue weighted by Gasteiger charge is 2.26. The molecule has 1 fully saturated rings. The Kier molecular flexibility index (Phi) is 8.81. The van der Waals surface area contributed by atoms with E-state index in [1.165, 1.54) is 5.56 Å². The number of hydrogen-bond donors (Lipinski definition) is 1. The van der Waals surface area contributed by atoms with Crippen LogP contribution in [-0.2, 0) is 6.42 Å². The summed E-state index contributed by atoms with van der Waals surface area (Å²) in [5.41, 5.74) is 8.49. The Labute approximate surface area is 185 Å². The number of nitrogens with zero attached hydrogens (tertiary/aromatic N) is 2. The van der Waals surface area contributed by atoms with Gasteiger partial charge in [-0.15, -0.1) is 12.4 Å². The minimum atomic E-state index is 0. The van der Waals surface area contributed by atoms with Crippen LogP contribution in [0.1, 0.15) is 28.8 Å². The van der Waals surface area contributed by atoms with Crippen LogP contribution in [0, 0.1) is 0 Å². The average molecular weight is 434 g/mol. The second-order valence-corrected chi connectivity index (χ2v) is 7.57. The lowest BCUT2D eigenvalue weighted by atomic mass is 10.0. The number of nitrogens with two attached hydrogens (primary N) is 1. The van der Waals surface area contributed by atoms with Crippen LogP contribution in [0.2, 0.25) is 0 Å². The van der Waals surface area contributed by atoms with Gasteiger partial charge in [0.2, 0.25) is 0 Å². The molecule has 0 unspecified atom stereocenters. The highest BCUT2D eigenvalue weighted by atomic mass is 35.5. The number of benzene rings is 2. The Hall–Kier alpha value is -2.44. The largest absolute Gasteiger partial charge is 0.493 e. The van der Waals surface area contributed by atoms with Gasteiger partial charge in [-0.3, -0.25) is 4.79 Å². The van der Waals surface area contributed by atoms with Crippen LogP contribution in [0.4, 0.5) is 5.69 Å². The van der Waals surface area contributed by atoms with Gasteiger partial charge in [0.25, 0.3) is 5.91 Å². The molecule has 1 amide bonds. The molecule has 0 spiro atoms. The van der Waals surface area contributed by atoms with Gasteiger partial charge >= 0.3 is 0 Å². The van der Waals surface area contributed by atoms with Crippen molar-refractivity contribution in [2.45, 2.75) is 25.3 Å². The summed E-state index contributed by atoms with van der Waals surface area (Å²) in [7, 11) is 5.35. The number of methoxy groups -OCH3 is 2. The van der Waals surface area contributed by atoms with E-state index in [1.807, 2.05) is 17.0 Å². The first kappa shape index (κ1) is 23.8. The molecule has 0 atom stereocenters. The van der Waals surface area contributed by atoms with Gasteiger partial charge in [-0.1, -0.05) is 12.1 Å². The van der Waals surface area contributed by atoms with Crippen molar-refractivity contribution in [2.24, 2.45) is 0 Å². The molecular weight excluding hydrogens is 402 g/mol. The predicted octanol–water partition coefficient (Wildman–Crippen LogP) is 3.49. The van der Waals surface area contributed by atoms with E-state index >= 15 is 0 Å². The fraction of sp³-hybridized carbons (Fsp3) is 0.435. The van der Waals surface area contributed by atoms with Crippen LogP contribution in [0.25, 0.3) is 0 Å². The summed E-state index contributed by atoms with van der Waals surface area (Å²) in [5, 5.41) is 0. The molecule has 2 aromatic rings. The van der Waals surface area contributed by atoms with E-state index in [1.54, 1.807) is 32.4 Å². The molecule has 30 heavy (non-hydrogen) atoms. The van der Waals surface area contributed by atoms with Crippen molar-refractivity contribution in [3.05, 3.63) is 53.6 Å². The van der Waals surface area contributed by atoms with Crippen LogP contribution < -0.4 is 15.2 Å². The summed E-state index contributed by atoms with van der Waals surface area (Å²) >= 11 is 0. The second-order valence-electron chi connectivity index (χ2n) is 7.57. The first-order valence-electron chi connectivity index (χ1n) is 10.1. The molecule has 0 radical (unpaired) electrons. The third-order valence-corrected chi connectivity index (χ3v) is 5.74. The summed E-state index contributed by atoms with van der Waals surface area (Å²) in [4.78, 5) is 17.2. The molecule has 3 rings (SSSR count). The molecule has 6 nitrogen and oxygen atoms in total. The van der Waals surface area contributed by atoms with Gasteiger partial charge in [0, 0.05) is 36.9 Å². The van der Waals surface area contributed by atoms with Crippen molar-refractivity contribution < 1.29 is 14.3 Å². The number of nitrogen functional groups attached to an aromatic ring is 1. The SMILES string of the molecule is COc1ccc(C(=O)N2CCC(N(C)CCc3ccc(N)cc3)CC2)cc1OC.Cl. The highest BCUT2D eigenvalue weighted by Crippen LogP contribution is 2.28. The van der Waals surface area contributed by atoms with Crippen molar-refractivity contribution in [3.8, 4) is 11.5 Å². The second kappa shape index (κ2) is 11.1. The third-order valence-electron chi connectivity index (χ3n) is 5.74. The number of ether oxygens (including phenoxy) is 2. The summed E-state index contributed by atoms with van der Waals surface area (Å²) < 4.78 is 10.6. The Balaban J connectivity index is 0.00000320. The van der Waals surface area contributed by atoms with Gasteiger partial charge in [-0.2, -0.15) is 0 Å². The lowest BCUT2D eigenvalue weighted by Crippen LogP contribution is -2.46. The molecule has 2 N–H and O–H groups in total. The van der Waals surface area contributed by atoms with E-state index in [-0.39, 0.29) is 18.3 Å². The minimum Gasteiger partial charge on any atom is -0.493 e. The van der Waals surface area contributed by atoms with E-state index in [4.69, 9.17) is 15.2 Å². The number of carbonyl (C=O) groups is 1. The molecule has 1 aliphatic heterocycles. The number of likely N-dealkylation sites (N-methyl/N-ethyl adjacent to an activating group) is 1. The maximum Gasteiger partial charge on any atom is 0.253 e. The average Bonchev–Trinajstić information content (AvgIpc) is 2.77. The van der Waals surface area contributed by atoms with Gasteiger partial charge < -0.3 is 25.0 Å². The van der Waals surface area contributed by atoms with Crippen molar-refractivity contribution in [2.75, 3.05) is 46.6 Å². The van der Waals surface area contributed by atoms with E-state index in [9.17, 15) is 4.79 Å². The maximum absolute atomic E-state index is 12.9. The van der Waals surface area contributed by atoms with Gasteiger partial charge in [0.1, 0.15) is 0 Å². The monoisotopic (exact) mass is 433 g/mol. The molecule has 7 heteroatoms.